The Bertz CT molecular complexity index is 1880. The van der Waals surface area contributed by atoms with Crippen molar-refractivity contribution in [1.82, 2.24) is 25.5 Å². The Morgan fingerprint density at radius 3 is 2.66 bits per heavy atom. The monoisotopic (exact) mass is 735 g/mol. The number of aliphatic hydroxyl groups is 1. The molecule has 0 spiro atoms. The summed E-state index contributed by atoms with van der Waals surface area (Å²) in [4.78, 5) is 51.7. The number of amides is 2. The largest absolute Gasteiger partial charge is 0.487 e. The van der Waals surface area contributed by atoms with Gasteiger partial charge in [0.05, 0.1) is 29.7 Å². The van der Waals surface area contributed by atoms with Gasteiger partial charge in [-0.15, -0.1) is 0 Å². The first-order valence-corrected chi connectivity index (χ1v) is 18.1. The lowest BCUT2D eigenvalue weighted by molar-refractivity contribution is -0.150. The first kappa shape index (κ1) is 36.5. The summed E-state index contributed by atoms with van der Waals surface area (Å²) in [6, 6.07) is 11.6. The topological polar surface area (TPSA) is 161 Å². The second-order valence-corrected chi connectivity index (χ2v) is 14.0. The van der Waals surface area contributed by atoms with Gasteiger partial charge >= 0.3 is 18.0 Å². The van der Waals surface area contributed by atoms with Crippen LogP contribution in [0.4, 0.5) is 13.6 Å². The molecule has 282 valence electrons. The van der Waals surface area contributed by atoms with Gasteiger partial charge in [-0.25, -0.2) is 19.6 Å². The van der Waals surface area contributed by atoms with Crippen LogP contribution in [0.5, 0.6) is 11.6 Å². The average molecular weight is 736 g/mol. The molecule has 3 N–H and O–H groups in total. The number of ether oxygens (including phenoxy) is 4. The summed E-state index contributed by atoms with van der Waals surface area (Å²) in [7, 11) is 0. The number of allylic oxidation sites excluding steroid dienone is 1. The van der Waals surface area contributed by atoms with Gasteiger partial charge in [-0.2, -0.15) is 8.78 Å². The quantitative estimate of drug-likeness (QED) is 0.251. The zero-order chi connectivity index (χ0) is 37.2. The van der Waals surface area contributed by atoms with Crippen LogP contribution in [-0.4, -0.2) is 100 Å². The molecule has 1 saturated heterocycles. The number of nitrogens with zero attached hydrogens (tertiary/aromatic N) is 3. The van der Waals surface area contributed by atoms with Crippen molar-refractivity contribution in [2.24, 2.45) is 5.92 Å². The number of halogens is 2. The minimum atomic E-state index is -3.55. The molecule has 2 fully saturated rings. The predicted molar refractivity (Wildman–Crippen MR) is 187 cm³/mol. The fourth-order valence-electron chi connectivity index (χ4n) is 7.30. The second-order valence-electron chi connectivity index (χ2n) is 14.0. The minimum Gasteiger partial charge on any atom is -0.487 e. The second kappa shape index (κ2) is 15.2. The predicted octanol–water partition coefficient (Wildman–Crippen LogP) is 4.52. The normalized spacial score (nSPS) is 30.9. The maximum Gasteiger partial charge on any atom is 0.407 e. The Morgan fingerprint density at radius 1 is 1.06 bits per heavy atom. The zero-order valence-electron chi connectivity index (χ0n) is 29.3. The molecule has 2 unspecified atom stereocenters. The van der Waals surface area contributed by atoms with Crippen LogP contribution >= 0.6 is 0 Å². The van der Waals surface area contributed by atoms with E-state index in [0.29, 0.717) is 35.1 Å². The van der Waals surface area contributed by atoms with E-state index >= 15 is 0 Å². The highest BCUT2D eigenvalue weighted by Crippen LogP contribution is 2.46. The van der Waals surface area contributed by atoms with Crippen molar-refractivity contribution < 1.29 is 47.2 Å². The van der Waals surface area contributed by atoms with Gasteiger partial charge in [0.1, 0.15) is 29.3 Å². The van der Waals surface area contributed by atoms with Crippen molar-refractivity contribution in [3.8, 4) is 22.9 Å². The third-order valence-electron chi connectivity index (χ3n) is 10.2. The maximum absolute atomic E-state index is 15.0. The van der Waals surface area contributed by atoms with Gasteiger partial charge in [0.2, 0.25) is 11.8 Å². The molecule has 7 rings (SSSR count). The number of carbonyl (C=O) groups excluding carboxylic acids is 3. The summed E-state index contributed by atoms with van der Waals surface area (Å²) in [6.07, 6.45) is 4.13. The molecule has 1 aliphatic carbocycles. The highest BCUT2D eigenvalue weighted by molar-refractivity contribution is 5.94. The summed E-state index contributed by atoms with van der Waals surface area (Å²) < 4.78 is 52.3. The average Bonchev–Trinajstić information content (AvgIpc) is 3.68. The third kappa shape index (κ3) is 8.05. The molecule has 3 aliphatic heterocycles. The van der Waals surface area contributed by atoms with Crippen LogP contribution in [0.2, 0.25) is 0 Å². The molecular weight excluding hydrogens is 692 g/mol. The van der Waals surface area contributed by atoms with Crippen LogP contribution in [0.15, 0.2) is 60.7 Å². The number of nitrogens with one attached hydrogen (secondary N) is 2. The molecule has 2 aromatic carbocycles. The summed E-state index contributed by atoms with van der Waals surface area (Å²) in [5, 5.41) is 17.5. The molecule has 7 atom stereocenters. The number of benzene rings is 2. The van der Waals surface area contributed by atoms with Crippen LogP contribution < -0.4 is 20.1 Å². The molecule has 1 saturated carbocycles. The van der Waals surface area contributed by atoms with E-state index in [1.807, 2.05) is 24.3 Å². The van der Waals surface area contributed by atoms with Gasteiger partial charge < -0.3 is 34.7 Å². The standard InChI is InChI=1S/C38H43F2N5O8/c1-2-50-35(48)38-19-24(38)12-6-4-3-5-7-16-29-34(47)45-20-26(18-30(45)32(46)44-38)53-33-31(41-27-14-8-9-15-28(27)42-33)23-11-10-13-25(17-23)51-21-37(39,40)22-52-36(49)43-29/h6,8-15,17,24,26,29-30,34,47H,2-5,7,16,18-22H2,1H3,(H,43,49)(H,44,46)/b12-6-/t24-,26-,29+,30+,34?,38-/m1/s1. The van der Waals surface area contributed by atoms with Gasteiger partial charge in [-0.3, -0.25) is 9.69 Å². The lowest BCUT2D eigenvalue weighted by atomic mass is 10.0. The van der Waals surface area contributed by atoms with Crippen molar-refractivity contribution in [3.05, 3.63) is 60.7 Å². The number of hydrogen-bond acceptors (Lipinski definition) is 11. The smallest absolute Gasteiger partial charge is 0.407 e. The van der Waals surface area contributed by atoms with Crippen molar-refractivity contribution in [1.29, 1.82) is 0 Å². The van der Waals surface area contributed by atoms with E-state index in [9.17, 15) is 28.3 Å². The number of rotatable bonds is 2. The Balaban J connectivity index is 1.29. The number of alkyl halides is 2. The number of para-hydroxylation sites is 2. The Hall–Kier alpha value is -4.89. The van der Waals surface area contributed by atoms with Crippen molar-refractivity contribution in [3.63, 3.8) is 0 Å². The minimum absolute atomic E-state index is 0.0113. The molecule has 53 heavy (non-hydrogen) atoms. The summed E-state index contributed by atoms with van der Waals surface area (Å²) >= 11 is 0. The molecule has 15 heteroatoms. The van der Waals surface area contributed by atoms with Crippen LogP contribution in [-0.2, 0) is 19.1 Å². The molecule has 4 aliphatic rings. The number of aromatic nitrogens is 2. The highest BCUT2D eigenvalue weighted by Gasteiger charge is 2.62. The number of hydrogen-bond donors (Lipinski definition) is 3. The summed E-state index contributed by atoms with van der Waals surface area (Å²) in [6.45, 7) is -0.494. The van der Waals surface area contributed by atoms with Crippen molar-refractivity contribution in [2.75, 3.05) is 26.4 Å². The fraction of sp³-hybridized carbons (Fsp3) is 0.500. The van der Waals surface area contributed by atoms with Crippen molar-refractivity contribution in [2.45, 2.75) is 87.7 Å². The van der Waals surface area contributed by atoms with E-state index in [4.69, 9.17) is 28.9 Å². The number of cyclic esters (lactones) is 1. The lowest BCUT2D eigenvalue weighted by Crippen LogP contribution is -2.58. The molecule has 1 aromatic heterocycles. The van der Waals surface area contributed by atoms with Gasteiger partial charge in [-0.1, -0.05) is 49.3 Å². The fourth-order valence-corrected chi connectivity index (χ4v) is 7.30. The summed E-state index contributed by atoms with van der Waals surface area (Å²) in [5.41, 5.74) is 0.641. The molecule has 2 amide bonds. The maximum atomic E-state index is 15.0. The van der Waals surface area contributed by atoms with Crippen LogP contribution in [0.3, 0.4) is 0 Å². The highest BCUT2D eigenvalue weighted by atomic mass is 19.3. The molecule has 13 nitrogen and oxygen atoms in total. The first-order chi connectivity index (χ1) is 25.5. The molecule has 3 aromatic rings. The third-order valence-corrected chi connectivity index (χ3v) is 10.2. The Labute approximate surface area is 305 Å². The van der Waals surface area contributed by atoms with Crippen LogP contribution in [0.1, 0.15) is 51.9 Å². The van der Waals surface area contributed by atoms with Gasteiger partial charge in [0, 0.05) is 24.4 Å². The van der Waals surface area contributed by atoms with E-state index < -0.39 is 67.1 Å². The number of esters is 1. The molecule has 0 radical (unpaired) electrons. The first-order valence-electron chi connectivity index (χ1n) is 18.1. The van der Waals surface area contributed by atoms with E-state index in [2.05, 4.69) is 10.6 Å². The molecule has 5 bridgehead atoms. The van der Waals surface area contributed by atoms with Gasteiger partial charge in [0.25, 0.3) is 0 Å². The zero-order valence-corrected chi connectivity index (χ0v) is 29.3. The SMILES string of the molecule is CCOC(=O)[C@@]12C[C@H]1/C=C\CCCCC[C@@H]1NC(=O)OCC(F)(F)COc3cccc(c3)-c3nc4ccccc4nc3O[C@@H]3C[C@@H](C(=O)N2)N(C3)C1O. The van der Waals surface area contributed by atoms with E-state index in [1.165, 1.54) is 17.0 Å². The van der Waals surface area contributed by atoms with E-state index in [0.717, 1.165) is 19.3 Å². The number of alkyl carbamates (subject to hydrolysis) is 1. The number of carbonyl (C=O) groups is 3. The number of aliphatic hydroxyl groups excluding tert-OH is 1. The molecule has 4 heterocycles. The van der Waals surface area contributed by atoms with Crippen LogP contribution in [0, 0.1) is 5.92 Å². The van der Waals surface area contributed by atoms with E-state index in [1.54, 1.807) is 31.2 Å². The van der Waals surface area contributed by atoms with Gasteiger partial charge in [-0.05, 0) is 56.9 Å². The summed E-state index contributed by atoms with van der Waals surface area (Å²) in [5.74, 6) is -4.63. The lowest BCUT2D eigenvalue weighted by Gasteiger charge is -2.34. The van der Waals surface area contributed by atoms with E-state index in [-0.39, 0.29) is 43.5 Å². The molecular formula is C38H43F2N5O8. The number of fused-ring (bicyclic) bond motifs is 8. The Morgan fingerprint density at radius 2 is 1.85 bits per heavy atom. The van der Waals surface area contributed by atoms with Crippen LogP contribution in [0.25, 0.3) is 22.3 Å². The van der Waals surface area contributed by atoms with Gasteiger partial charge in [0.15, 0.2) is 13.2 Å². The Kier molecular flexibility index (Phi) is 10.5. The van der Waals surface area contributed by atoms with Crippen molar-refractivity contribution >= 4 is 29.0 Å².